The molecule has 1 aromatic heterocycles. The lowest BCUT2D eigenvalue weighted by Gasteiger charge is -2.29. The minimum absolute atomic E-state index is 0.101. The fourth-order valence-corrected chi connectivity index (χ4v) is 3.91. The van der Waals surface area contributed by atoms with E-state index in [0.717, 1.165) is 24.5 Å². The number of carbonyl (C=O) groups is 1. The monoisotopic (exact) mass is 441 g/mol. The van der Waals surface area contributed by atoms with Gasteiger partial charge in [0.25, 0.3) is 0 Å². The van der Waals surface area contributed by atoms with Crippen LogP contribution in [0, 0.1) is 12.4 Å². The highest BCUT2D eigenvalue weighted by atomic mass is 19.1. The van der Waals surface area contributed by atoms with Gasteiger partial charge in [-0.3, -0.25) is 4.79 Å². The molecule has 0 aliphatic carbocycles. The first-order valence-corrected chi connectivity index (χ1v) is 10.9. The molecule has 1 aliphatic heterocycles. The predicted molar refractivity (Wildman–Crippen MR) is 128 cm³/mol. The zero-order valence-corrected chi connectivity index (χ0v) is 18.2. The lowest BCUT2D eigenvalue weighted by Crippen LogP contribution is -2.29. The highest BCUT2D eigenvalue weighted by Gasteiger charge is 2.16. The quantitative estimate of drug-likeness (QED) is 0.367. The normalized spacial score (nSPS) is 13.3. The number of hydrogen-bond donors (Lipinski definition) is 1. The summed E-state index contributed by atoms with van der Waals surface area (Å²) < 4.78 is 14.7. The third-order valence-electron chi connectivity index (χ3n) is 5.61. The summed E-state index contributed by atoms with van der Waals surface area (Å²) >= 11 is 0. The number of rotatable bonds is 7. The van der Waals surface area contributed by atoms with Crippen LogP contribution >= 0.6 is 0 Å². The molecule has 0 unspecified atom stereocenters. The molecule has 2 aromatic carbocycles. The highest BCUT2D eigenvalue weighted by molar-refractivity contribution is 5.91. The van der Waals surface area contributed by atoms with Gasteiger partial charge in [0.15, 0.2) is 5.78 Å². The van der Waals surface area contributed by atoms with Crippen LogP contribution in [0.3, 0.4) is 0 Å². The molecule has 166 valence electrons. The zero-order chi connectivity index (χ0) is 23.2. The number of aromatic nitrogens is 2. The van der Waals surface area contributed by atoms with Crippen molar-refractivity contribution in [1.29, 1.82) is 0 Å². The van der Waals surface area contributed by atoms with E-state index >= 15 is 0 Å². The number of halogens is 1. The fourth-order valence-electron chi connectivity index (χ4n) is 3.91. The minimum atomic E-state index is -0.522. The summed E-state index contributed by atoms with van der Waals surface area (Å²) in [6.07, 6.45) is 6.35. The van der Waals surface area contributed by atoms with Crippen LogP contribution in [0.2, 0.25) is 0 Å². The topological polar surface area (TPSA) is 62.5 Å². The van der Waals surface area contributed by atoms with Crippen molar-refractivity contribution in [3.05, 3.63) is 84.1 Å². The highest BCUT2D eigenvalue weighted by Crippen LogP contribution is 2.32. The Morgan fingerprint density at radius 2 is 2.03 bits per heavy atom. The molecule has 0 saturated carbocycles. The van der Waals surface area contributed by atoms with Crippen LogP contribution < -0.4 is 10.2 Å². The third kappa shape index (κ3) is 5.24. The van der Waals surface area contributed by atoms with Crippen LogP contribution in [-0.2, 0) is 11.2 Å². The van der Waals surface area contributed by atoms with Crippen LogP contribution in [0.5, 0.6) is 0 Å². The van der Waals surface area contributed by atoms with E-state index < -0.39 is 5.82 Å². The molecular weight excluding hydrogens is 417 g/mol. The van der Waals surface area contributed by atoms with E-state index in [0.29, 0.717) is 5.56 Å². The molecule has 1 fully saturated rings. The number of nitrogens with one attached hydrogen (secondary N) is 1. The van der Waals surface area contributed by atoms with E-state index in [2.05, 4.69) is 37.7 Å². The molecule has 3 aromatic rings. The number of ketones is 1. The Kier molecular flexibility index (Phi) is 6.75. The van der Waals surface area contributed by atoms with Gasteiger partial charge >= 0.3 is 0 Å². The van der Waals surface area contributed by atoms with Crippen LogP contribution in [0.15, 0.2) is 61.3 Å². The number of carbonyl (C=O) groups excluding carboxylic acids is 1. The smallest absolute Gasteiger partial charge is 0.231 e. The Balaban J connectivity index is 1.64. The Hall–Kier alpha value is -4.05. The van der Waals surface area contributed by atoms with E-state index in [-0.39, 0.29) is 35.1 Å². The van der Waals surface area contributed by atoms with Gasteiger partial charge in [-0.05, 0) is 61.2 Å². The summed E-state index contributed by atoms with van der Waals surface area (Å²) in [5, 5.41) is 3.18. The number of allylic oxidation sites excluding steroid dienone is 1. The van der Waals surface area contributed by atoms with Crippen LogP contribution in [0.1, 0.15) is 24.8 Å². The Bertz CT molecular complexity index is 1230. The first-order valence-electron chi connectivity index (χ1n) is 10.9. The van der Waals surface area contributed by atoms with Crippen molar-refractivity contribution in [3.63, 3.8) is 0 Å². The largest absolute Gasteiger partial charge is 0.371 e. The molecule has 0 bridgehead atoms. The number of piperidine rings is 1. The van der Waals surface area contributed by atoms with E-state index in [9.17, 15) is 9.18 Å². The van der Waals surface area contributed by atoms with Gasteiger partial charge in [0, 0.05) is 42.6 Å². The second kappa shape index (κ2) is 10.0. The van der Waals surface area contributed by atoms with Crippen molar-refractivity contribution < 1.29 is 9.18 Å². The summed E-state index contributed by atoms with van der Waals surface area (Å²) in [6, 6.07) is 12.4. The standard InChI is InChI=1S/C26H24FN5O/c1-3-21(33)14-18-10-11-23(27)22(15-18)25-24(28-2)17-29-26(31-25)30-19-8-7-9-20(16-19)32-12-5-4-6-13-32/h3,7-11,15-17H,1,4-6,12-14H2,(H,29,30,31). The maximum atomic E-state index is 14.7. The van der Waals surface area contributed by atoms with Gasteiger partial charge in [-0.25, -0.2) is 19.2 Å². The molecule has 33 heavy (non-hydrogen) atoms. The molecule has 4 rings (SSSR count). The summed E-state index contributed by atoms with van der Waals surface area (Å²) in [4.78, 5) is 26.3. The summed E-state index contributed by atoms with van der Waals surface area (Å²) in [7, 11) is 0. The van der Waals surface area contributed by atoms with Crippen LogP contribution in [0.25, 0.3) is 16.1 Å². The lowest BCUT2D eigenvalue weighted by atomic mass is 10.0. The summed E-state index contributed by atoms with van der Waals surface area (Å²) in [5.41, 5.74) is 3.03. The molecule has 7 heteroatoms. The van der Waals surface area contributed by atoms with Crippen molar-refractivity contribution in [2.24, 2.45) is 0 Å². The van der Waals surface area contributed by atoms with E-state index in [1.165, 1.54) is 37.6 Å². The number of benzene rings is 2. The predicted octanol–water partition coefficient (Wildman–Crippen LogP) is 5.86. The van der Waals surface area contributed by atoms with Gasteiger partial charge in [0.1, 0.15) is 5.82 Å². The van der Waals surface area contributed by atoms with Crippen molar-refractivity contribution >= 4 is 28.8 Å². The average Bonchev–Trinajstić information content (AvgIpc) is 2.86. The minimum Gasteiger partial charge on any atom is -0.371 e. The summed E-state index contributed by atoms with van der Waals surface area (Å²) in [6.45, 7) is 13.0. The van der Waals surface area contributed by atoms with E-state index in [1.54, 1.807) is 12.1 Å². The fraction of sp³-hybridized carbons (Fsp3) is 0.231. The number of hydrogen-bond acceptors (Lipinski definition) is 5. The molecule has 0 amide bonds. The maximum Gasteiger partial charge on any atom is 0.231 e. The van der Waals surface area contributed by atoms with Gasteiger partial charge in [0.2, 0.25) is 11.6 Å². The Morgan fingerprint density at radius 1 is 1.21 bits per heavy atom. The zero-order valence-electron chi connectivity index (χ0n) is 18.2. The van der Waals surface area contributed by atoms with Gasteiger partial charge < -0.3 is 10.2 Å². The van der Waals surface area contributed by atoms with Crippen LogP contribution in [-0.4, -0.2) is 28.8 Å². The third-order valence-corrected chi connectivity index (χ3v) is 5.61. The Morgan fingerprint density at radius 3 is 2.79 bits per heavy atom. The van der Waals surface area contributed by atoms with Gasteiger partial charge in [-0.2, -0.15) is 0 Å². The lowest BCUT2D eigenvalue weighted by molar-refractivity contribution is -0.114. The SMILES string of the molecule is [C-]#[N+]c1cnc(Nc2cccc(N3CCCCC3)c2)nc1-c1cc(CC(=O)C=C)ccc1F. The van der Waals surface area contributed by atoms with Gasteiger partial charge in [-0.1, -0.05) is 18.7 Å². The average molecular weight is 442 g/mol. The maximum absolute atomic E-state index is 14.7. The number of nitrogens with zero attached hydrogens (tertiary/aromatic N) is 4. The molecule has 0 atom stereocenters. The molecule has 0 spiro atoms. The summed E-state index contributed by atoms with van der Waals surface area (Å²) in [5.74, 6) is -0.428. The van der Waals surface area contributed by atoms with Gasteiger partial charge in [0.05, 0.1) is 12.3 Å². The van der Waals surface area contributed by atoms with Crippen molar-refractivity contribution in [2.45, 2.75) is 25.7 Å². The first-order chi connectivity index (χ1) is 16.1. The number of anilines is 3. The van der Waals surface area contributed by atoms with Crippen molar-refractivity contribution in [1.82, 2.24) is 9.97 Å². The molecular formula is C26H24FN5O. The first kappa shape index (κ1) is 22.2. The molecule has 1 saturated heterocycles. The van der Waals surface area contributed by atoms with E-state index in [1.807, 2.05) is 18.2 Å². The molecule has 1 aliphatic rings. The Labute approximate surface area is 192 Å². The molecule has 1 N–H and O–H groups in total. The molecule has 2 heterocycles. The van der Waals surface area contributed by atoms with Crippen molar-refractivity contribution in [3.8, 4) is 11.3 Å². The second-order valence-corrected chi connectivity index (χ2v) is 7.92. The second-order valence-electron chi connectivity index (χ2n) is 7.92. The molecule has 6 nitrogen and oxygen atoms in total. The van der Waals surface area contributed by atoms with Crippen molar-refractivity contribution in [2.75, 3.05) is 23.3 Å². The molecule has 0 radical (unpaired) electrons. The van der Waals surface area contributed by atoms with Gasteiger partial charge in [-0.15, -0.1) is 0 Å². The van der Waals surface area contributed by atoms with E-state index in [4.69, 9.17) is 6.57 Å². The van der Waals surface area contributed by atoms with Crippen LogP contribution in [0.4, 0.5) is 27.4 Å².